The molecular weight excluding hydrogens is 629 g/mol. The van der Waals surface area contributed by atoms with Crippen molar-refractivity contribution in [2.24, 2.45) is 0 Å². The van der Waals surface area contributed by atoms with Gasteiger partial charge in [0, 0.05) is 33.9 Å². The summed E-state index contributed by atoms with van der Waals surface area (Å²) < 4.78 is 0. The highest BCUT2D eigenvalue weighted by molar-refractivity contribution is 5.91. The van der Waals surface area contributed by atoms with Crippen LogP contribution in [0.15, 0.2) is 182 Å². The first-order chi connectivity index (χ1) is 25.8. The second-order valence-electron chi connectivity index (χ2n) is 13.8. The highest BCUT2D eigenvalue weighted by Crippen LogP contribution is 2.45. The molecule has 0 aliphatic heterocycles. The van der Waals surface area contributed by atoms with Crippen LogP contribution in [0.25, 0.3) is 55.6 Å². The van der Waals surface area contributed by atoms with Gasteiger partial charge < -0.3 is 10.6 Å². The molecule has 2 N–H and O–H groups in total. The van der Waals surface area contributed by atoms with E-state index in [-0.39, 0.29) is 0 Å². The van der Waals surface area contributed by atoms with Crippen molar-refractivity contribution in [1.29, 1.82) is 0 Å². The number of anilines is 4. The maximum Gasteiger partial charge on any atom is 0.0464 e. The van der Waals surface area contributed by atoms with E-state index in [2.05, 4.69) is 193 Å². The van der Waals surface area contributed by atoms with Crippen molar-refractivity contribution in [3.05, 3.63) is 204 Å². The van der Waals surface area contributed by atoms with Gasteiger partial charge in [0.1, 0.15) is 0 Å². The predicted octanol–water partition coefficient (Wildman–Crippen LogP) is 13.3. The zero-order valence-electron chi connectivity index (χ0n) is 28.7. The van der Waals surface area contributed by atoms with Gasteiger partial charge in [-0.2, -0.15) is 0 Å². The van der Waals surface area contributed by atoms with Gasteiger partial charge in [-0.15, -0.1) is 0 Å². The quantitative estimate of drug-likeness (QED) is 0.177. The van der Waals surface area contributed by atoms with Gasteiger partial charge >= 0.3 is 0 Å². The number of benzene rings is 8. The summed E-state index contributed by atoms with van der Waals surface area (Å²) in [5.41, 5.74) is 22.8. The standard InChI is InChI=1S/C50H36N2/c1-3-13-39-35(11-1)31-47-41(39)17-9-19-43(47)45-15-5-7-21-49(45)51-37-27-23-33(24-28-37)34-25-29-38(30-26-34)52-50-22-8-6-16-46(50)44-20-10-18-42-40-14-4-2-12-36(40)32-48(42)44/h1-30,51-52H,31-32H2. The van der Waals surface area contributed by atoms with E-state index in [0.29, 0.717) is 0 Å². The first-order valence-electron chi connectivity index (χ1n) is 18.1. The van der Waals surface area contributed by atoms with Gasteiger partial charge in [-0.1, -0.05) is 146 Å². The van der Waals surface area contributed by atoms with Crippen LogP contribution in [-0.4, -0.2) is 0 Å². The number of hydrogen-bond acceptors (Lipinski definition) is 2. The second-order valence-corrected chi connectivity index (χ2v) is 13.8. The van der Waals surface area contributed by atoms with Crippen LogP contribution in [0, 0.1) is 0 Å². The normalized spacial score (nSPS) is 12.1. The lowest BCUT2D eigenvalue weighted by molar-refractivity contribution is 1.26. The van der Waals surface area contributed by atoms with Crippen LogP contribution in [0.1, 0.15) is 22.3 Å². The van der Waals surface area contributed by atoms with Gasteiger partial charge in [0.25, 0.3) is 0 Å². The molecule has 10 rings (SSSR count). The topological polar surface area (TPSA) is 24.1 Å². The van der Waals surface area contributed by atoms with Gasteiger partial charge in [0.05, 0.1) is 0 Å². The van der Waals surface area contributed by atoms with E-state index in [4.69, 9.17) is 0 Å². The summed E-state index contributed by atoms with van der Waals surface area (Å²) in [7, 11) is 0. The van der Waals surface area contributed by atoms with Crippen LogP contribution in [0.5, 0.6) is 0 Å². The summed E-state index contributed by atoms with van der Waals surface area (Å²) in [6, 6.07) is 65.8. The van der Waals surface area contributed by atoms with Crippen LogP contribution < -0.4 is 10.6 Å². The van der Waals surface area contributed by atoms with Crippen molar-refractivity contribution in [2.75, 3.05) is 10.6 Å². The third-order valence-electron chi connectivity index (χ3n) is 10.8. The monoisotopic (exact) mass is 664 g/mol. The fourth-order valence-electron chi connectivity index (χ4n) is 8.28. The summed E-state index contributed by atoms with van der Waals surface area (Å²) >= 11 is 0. The highest BCUT2D eigenvalue weighted by Gasteiger charge is 2.23. The third-order valence-corrected chi connectivity index (χ3v) is 10.8. The number of nitrogens with one attached hydrogen (secondary N) is 2. The molecule has 0 saturated carbocycles. The third kappa shape index (κ3) is 5.28. The zero-order valence-corrected chi connectivity index (χ0v) is 28.7. The fourth-order valence-corrected chi connectivity index (χ4v) is 8.28. The maximum atomic E-state index is 3.73. The molecule has 0 aromatic heterocycles. The van der Waals surface area contributed by atoms with Crippen LogP contribution in [0.2, 0.25) is 0 Å². The molecule has 0 fully saturated rings. The Balaban J connectivity index is 0.872. The molecule has 2 aliphatic rings. The summed E-state index contributed by atoms with van der Waals surface area (Å²) in [4.78, 5) is 0. The number of fused-ring (bicyclic) bond motifs is 6. The van der Waals surface area contributed by atoms with Gasteiger partial charge in [0.2, 0.25) is 0 Å². The number of hydrogen-bond donors (Lipinski definition) is 2. The molecule has 2 aliphatic carbocycles. The van der Waals surface area contributed by atoms with E-state index >= 15 is 0 Å². The van der Waals surface area contributed by atoms with Gasteiger partial charge in [-0.3, -0.25) is 0 Å². The molecule has 0 heterocycles. The minimum atomic E-state index is 0.968. The Morgan fingerprint density at radius 3 is 1.02 bits per heavy atom. The summed E-state index contributed by atoms with van der Waals surface area (Å²) in [6.07, 6.45) is 1.94. The molecule has 2 heteroatoms. The van der Waals surface area contributed by atoms with E-state index in [0.717, 1.165) is 35.6 Å². The molecule has 8 aromatic rings. The van der Waals surface area contributed by atoms with Crippen molar-refractivity contribution in [1.82, 2.24) is 0 Å². The summed E-state index contributed by atoms with van der Waals surface area (Å²) in [5.74, 6) is 0. The molecule has 52 heavy (non-hydrogen) atoms. The minimum absolute atomic E-state index is 0.968. The van der Waals surface area contributed by atoms with E-state index in [1.807, 2.05) is 0 Å². The van der Waals surface area contributed by atoms with Crippen molar-refractivity contribution >= 4 is 22.7 Å². The number of para-hydroxylation sites is 2. The van der Waals surface area contributed by atoms with Crippen molar-refractivity contribution in [3.63, 3.8) is 0 Å². The molecule has 0 bridgehead atoms. The molecule has 0 spiro atoms. The lowest BCUT2D eigenvalue weighted by Gasteiger charge is -2.16. The average Bonchev–Trinajstić information content (AvgIpc) is 3.78. The lowest BCUT2D eigenvalue weighted by atomic mass is 9.94. The number of rotatable bonds is 7. The minimum Gasteiger partial charge on any atom is -0.355 e. The van der Waals surface area contributed by atoms with Crippen LogP contribution in [0.3, 0.4) is 0 Å². The SMILES string of the molecule is c1ccc2c(c1)Cc1c-2cccc1-c1ccccc1Nc1ccc(-c2ccc(Nc3ccccc3-c3cccc4c3Cc3ccccc3-4)cc2)cc1. The fraction of sp³-hybridized carbons (Fsp3) is 0.0400. The van der Waals surface area contributed by atoms with E-state index < -0.39 is 0 Å². The van der Waals surface area contributed by atoms with Crippen molar-refractivity contribution in [2.45, 2.75) is 12.8 Å². The highest BCUT2D eigenvalue weighted by atomic mass is 14.9. The largest absolute Gasteiger partial charge is 0.355 e. The van der Waals surface area contributed by atoms with Crippen molar-refractivity contribution in [3.8, 4) is 55.6 Å². The molecule has 0 saturated heterocycles. The summed E-state index contributed by atoms with van der Waals surface area (Å²) in [5, 5.41) is 7.46. The summed E-state index contributed by atoms with van der Waals surface area (Å²) in [6.45, 7) is 0. The second kappa shape index (κ2) is 12.6. The van der Waals surface area contributed by atoms with Gasteiger partial charge in [-0.25, -0.2) is 0 Å². The molecule has 246 valence electrons. The molecule has 8 aromatic carbocycles. The molecule has 0 radical (unpaired) electrons. The van der Waals surface area contributed by atoms with Crippen LogP contribution in [0.4, 0.5) is 22.7 Å². The predicted molar refractivity (Wildman–Crippen MR) is 219 cm³/mol. The molecule has 0 atom stereocenters. The smallest absolute Gasteiger partial charge is 0.0464 e. The van der Waals surface area contributed by atoms with E-state index in [1.54, 1.807) is 0 Å². The van der Waals surface area contributed by atoms with Gasteiger partial charge in [0.15, 0.2) is 0 Å². The molecule has 0 amide bonds. The first kappa shape index (κ1) is 30.2. The Kier molecular flexibility index (Phi) is 7.32. The Hall–Kier alpha value is -6.64. The Morgan fingerprint density at radius 2 is 0.596 bits per heavy atom. The van der Waals surface area contributed by atoms with Gasteiger partial charge in [-0.05, 0) is 116 Å². The van der Waals surface area contributed by atoms with E-state index in [1.165, 1.54) is 77.9 Å². The lowest BCUT2D eigenvalue weighted by Crippen LogP contribution is -1.96. The van der Waals surface area contributed by atoms with Crippen LogP contribution in [-0.2, 0) is 12.8 Å². The Bertz CT molecular complexity index is 2430. The molecule has 2 nitrogen and oxygen atoms in total. The first-order valence-corrected chi connectivity index (χ1v) is 18.1. The van der Waals surface area contributed by atoms with Crippen molar-refractivity contribution < 1.29 is 0 Å². The molecular formula is C50H36N2. The average molecular weight is 665 g/mol. The Morgan fingerprint density at radius 1 is 0.269 bits per heavy atom. The maximum absolute atomic E-state index is 3.73. The van der Waals surface area contributed by atoms with E-state index in [9.17, 15) is 0 Å². The van der Waals surface area contributed by atoms with Crippen LogP contribution >= 0.6 is 0 Å². The molecule has 0 unspecified atom stereocenters. The zero-order chi connectivity index (χ0) is 34.4. The Labute approximate surface area is 305 Å².